The Morgan fingerprint density at radius 2 is 1.74 bits per heavy atom. The number of carbonyl (C=O) groups excluding carboxylic acids is 1. The second-order valence-electron chi connectivity index (χ2n) is 4.66. The number of hydrogen-bond donors (Lipinski definition) is 0. The fourth-order valence-corrected chi connectivity index (χ4v) is 2.42. The van der Waals surface area contributed by atoms with Crippen LogP contribution in [0, 0.1) is 17.5 Å². The molecule has 0 unspecified atom stereocenters. The monoisotopic (exact) mass is 336 g/mol. The van der Waals surface area contributed by atoms with Crippen LogP contribution in [-0.2, 0) is 0 Å². The third kappa shape index (κ3) is 2.61. The van der Waals surface area contributed by atoms with E-state index in [2.05, 4.69) is 5.10 Å². The van der Waals surface area contributed by atoms with Gasteiger partial charge in [-0.05, 0) is 30.3 Å². The van der Waals surface area contributed by atoms with E-state index in [9.17, 15) is 18.0 Å². The molecule has 0 aliphatic heterocycles. The van der Waals surface area contributed by atoms with Crippen molar-refractivity contribution in [2.24, 2.45) is 0 Å². The first-order valence-electron chi connectivity index (χ1n) is 6.47. The number of halogens is 4. The van der Waals surface area contributed by atoms with E-state index in [-0.39, 0.29) is 27.7 Å². The predicted octanol–water partition coefficient (Wildman–Crippen LogP) is 4.42. The van der Waals surface area contributed by atoms with Crippen LogP contribution in [0.2, 0.25) is 5.15 Å². The molecular formula is C16H8ClF3N2O. The molecule has 0 bridgehead atoms. The summed E-state index contributed by atoms with van der Waals surface area (Å²) in [5, 5.41) is 3.96. The van der Waals surface area contributed by atoms with Crippen molar-refractivity contribution >= 4 is 17.9 Å². The number of rotatable bonds is 3. The van der Waals surface area contributed by atoms with Crippen molar-refractivity contribution < 1.29 is 18.0 Å². The summed E-state index contributed by atoms with van der Waals surface area (Å²) >= 11 is 6.09. The second kappa shape index (κ2) is 5.89. The number of benzene rings is 2. The molecule has 0 aliphatic carbocycles. The van der Waals surface area contributed by atoms with Crippen molar-refractivity contribution in [3.63, 3.8) is 0 Å². The van der Waals surface area contributed by atoms with Gasteiger partial charge in [-0.15, -0.1) is 0 Å². The van der Waals surface area contributed by atoms with Crippen LogP contribution >= 0.6 is 11.6 Å². The van der Waals surface area contributed by atoms with Gasteiger partial charge in [0.05, 0.1) is 5.56 Å². The second-order valence-corrected chi connectivity index (χ2v) is 5.02. The molecule has 2 aromatic carbocycles. The van der Waals surface area contributed by atoms with E-state index in [1.165, 1.54) is 24.3 Å². The zero-order valence-corrected chi connectivity index (χ0v) is 12.2. The molecule has 0 spiro atoms. The van der Waals surface area contributed by atoms with Crippen molar-refractivity contribution in [2.75, 3.05) is 0 Å². The summed E-state index contributed by atoms with van der Waals surface area (Å²) in [6.07, 6.45) is 0.434. The summed E-state index contributed by atoms with van der Waals surface area (Å²) in [7, 11) is 0. The van der Waals surface area contributed by atoms with Crippen LogP contribution in [0.1, 0.15) is 10.4 Å². The first-order valence-corrected chi connectivity index (χ1v) is 6.84. The molecule has 23 heavy (non-hydrogen) atoms. The zero-order chi connectivity index (χ0) is 16.6. The molecular weight excluding hydrogens is 329 g/mol. The highest BCUT2D eigenvalue weighted by Crippen LogP contribution is 2.31. The first kappa shape index (κ1) is 15.3. The average molecular weight is 337 g/mol. The topological polar surface area (TPSA) is 34.9 Å². The van der Waals surface area contributed by atoms with Crippen LogP contribution in [0.3, 0.4) is 0 Å². The van der Waals surface area contributed by atoms with E-state index in [1.807, 2.05) is 0 Å². The number of hydrogen-bond acceptors (Lipinski definition) is 2. The lowest BCUT2D eigenvalue weighted by molar-refractivity contribution is 0.112. The van der Waals surface area contributed by atoms with Gasteiger partial charge in [0.15, 0.2) is 17.9 Å². The van der Waals surface area contributed by atoms with Gasteiger partial charge in [-0.25, -0.2) is 17.9 Å². The number of para-hydroxylation sites is 1. The highest BCUT2D eigenvalue weighted by Gasteiger charge is 2.20. The third-order valence-electron chi connectivity index (χ3n) is 3.25. The molecule has 0 saturated carbocycles. The van der Waals surface area contributed by atoms with E-state index in [0.717, 1.165) is 16.8 Å². The molecule has 0 atom stereocenters. The summed E-state index contributed by atoms with van der Waals surface area (Å²) < 4.78 is 41.4. The van der Waals surface area contributed by atoms with Crippen molar-refractivity contribution in [1.82, 2.24) is 9.78 Å². The largest absolute Gasteiger partial charge is 0.298 e. The Kier molecular flexibility index (Phi) is 3.92. The maximum atomic E-state index is 13.9. The lowest BCUT2D eigenvalue weighted by Crippen LogP contribution is -2.00. The lowest BCUT2D eigenvalue weighted by atomic mass is 10.1. The van der Waals surface area contributed by atoms with Crippen molar-refractivity contribution in [2.45, 2.75) is 0 Å². The van der Waals surface area contributed by atoms with Gasteiger partial charge in [0.1, 0.15) is 22.4 Å². The summed E-state index contributed by atoms with van der Waals surface area (Å²) in [6.45, 7) is 0. The lowest BCUT2D eigenvalue weighted by Gasteiger charge is -2.03. The average Bonchev–Trinajstić information content (AvgIpc) is 2.87. The number of nitrogens with zero attached hydrogens (tertiary/aromatic N) is 2. The molecule has 0 radical (unpaired) electrons. The van der Waals surface area contributed by atoms with Crippen LogP contribution in [0.25, 0.3) is 16.9 Å². The maximum Gasteiger partial charge on any atom is 0.159 e. The Morgan fingerprint density at radius 1 is 1.00 bits per heavy atom. The highest BCUT2D eigenvalue weighted by molar-refractivity contribution is 6.32. The molecule has 116 valence electrons. The third-order valence-corrected chi connectivity index (χ3v) is 3.62. The minimum atomic E-state index is -1.09. The van der Waals surface area contributed by atoms with Gasteiger partial charge >= 0.3 is 0 Å². The van der Waals surface area contributed by atoms with Crippen molar-refractivity contribution in [3.05, 3.63) is 70.6 Å². The van der Waals surface area contributed by atoms with Gasteiger partial charge in [0, 0.05) is 5.56 Å². The van der Waals surface area contributed by atoms with E-state index in [0.29, 0.717) is 6.29 Å². The Bertz CT molecular complexity index is 908. The fraction of sp³-hybridized carbons (Fsp3) is 0. The SMILES string of the molecule is O=Cc1c(-c2ccc(F)c(F)c2)nn(-c2ccccc2F)c1Cl. The van der Waals surface area contributed by atoms with Gasteiger partial charge < -0.3 is 0 Å². The van der Waals surface area contributed by atoms with Gasteiger partial charge in [0.25, 0.3) is 0 Å². The van der Waals surface area contributed by atoms with E-state index in [4.69, 9.17) is 11.6 Å². The van der Waals surface area contributed by atoms with E-state index >= 15 is 0 Å². The minimum absolute atomic E-state index is 0.0344. The highest BCUT2D eigenvalue weighted by atomic mass is 35.5. The van der Waals surface area contributed by atoms with Crippen LogP contribution < -0.4 is 0 Å². The number of carbonyl (C=O) groups is 1. The number of aromatic nitrogens is 2. The first-order chi connectivity index (χ1) is 11.0. The van der Waals surface area contributed by atoms with E-state index < -0.39 is 17.5 Å². The smallest absolute Gasteiger partial charge is 0.159 e. The summed E-state index contributed by atoms with van der Waals surface area (Å²) in [4.78, 5) is 11.3. The Balaban J connectivity index is 2.23. The molecule has 7 heteroatoms. The molecule has 1 aromatic heterocycles. The molecule has 0 aliphatic rings. The fourth-order valence-electron chi connectivity index (χ4n) is 2.15. The van der Waals surface area contributed by atoms with Crippen LogP contribution in [-0.4, -0.2) is 16.1 Å². The van der Waals surface area contributed by atoms with Crippen molar-refractivity contribution in [3.8, 4) is 16.9 Å². The van der Waals surface area contributed by atoms with Crippen molar-refractivity contribution in [1.29, 1.82) is 0 Å². The molecule has 3 rings (SSSR count). The molecule has 0 saturated heterocycles. The van der Waals surface area contributed by atoms with Gasteiger partial charge in [0.2, 0.25) is 0 Å². The molecule has 3 nitrogen and oxygen atoms in total. The number of aldehydes is 1. The quantitative estimate of drug-likeness (QED) is 0.663. The molecule has 0 amide bonds. The Morgan fingerprint density at radius 3 is 2.39 bits per heavy atom. The molecule has 3 aromatic rings. The molecule has 0 fully saturated rings. The van der Waals surface area contributed by atoms with Gasteiger partial charge in [-0.2, -0.15) is 5.10 Å². The Hall–Kier alpha value is -2.60. The normalized spacial score (nSPS) is 10.8. The summed E-state index contributed by atoms with van der Waals surface area (Å²) in [5.74, 6) is -2.71. The van der Waals surface area contributed by atoms with Crippen LogP contribution in [0.4, 0.5) is 13.2 Å². The molecule has 1 heterocycles. The maximum absolute atomic E-state index is 13.9. The Labute approximate surface area is 133 Å². The van der Waals surface area contributed by atoms with Crippen LogP contribution in [0.5, 0.6) is 0 Å². The minimum Gasteiger partial charge on any atom is -0.298 e. The summed E-state index contributed by atoms with van der Waals surface area (Å²) in [5.41, 5.74) is 0.186. The summed E-state index contributed by atoms with van der Waals surface area (Å²) in [6, 6.07) is 8.78. The van der Waals surface area contributed by atoms with Gasteiger partial charge in [-0.3, -0.25) is 4.79 Å². The zero-order valence-electron chi connectivity index (χ0n) is 11.4. The standard InChI is InChI=1S/C16H8ClF3N2O/c17-16-10(8-23)15(9-5-6-11(18)13(20)7-9)21-22(16)14-4-2-1-3-12(14)19/h1-8H. The molecule has 0 N–H and O–H groups in total. The predicted molar refractivity (Wildman–Crippen MR) is 79.3 cm³/mol. The van der Waals surface area contributed by atoms with Gasteiger partial charge in [-0.1, -0.05) is 23.7 Å². The van der Waals surface area contributed by atoms with E-state index in [1.54, 1.807) is 6.07 Å². The van der Waals surface area contributed by atoms with Crippen LogP contribution in [0.15, 0.2) is 42.5 Å².